The minimum atomic E-state index is -0.246. The fourth-order valence-electron chi connectivity index (χ4n) is 2.67. The van der Waals surface area contributed by atoms with Gasteiger partial charge in [0.1, 0.15) is 11.5 Å². The molecule has 0 spiro atoms. The second-order valence-corrected chi connectivity index (χ2v) is 5.91. The van der Waals surface area contributed by atoms with Crippen LogP contribution in [0.3, 0.4) is 0 Å². The molecule has 2 aromatic carbocycles. The van der Waals surface area contributed by atoms with E-state index in [0.717, 1.165) is 11.4 Å². The molecule has 0 aliphatic heterocycles. The first kappa shape index (κ1) is 17.5. The SMILES string of the molecule is COc1ccc(NC(=O)c2cnn(-c3ccc(C)cc3)c2C)c(OC)c1. The molecular formula is C20H21N3O3. The van der Waals surface area contributed by atoms with Crippen LogP contribution in [0.1, 0.15) is 21.6 Å². The maximum atomic E-state index is 12.7. The van der Waals surface area contributed by atoms with Crippen LogP contribution >= 0.6 is 0 Å². The highest BCUT2D eigenvalue weighted by atomic mass is 16.5. The number of methoxy groups -OCH3 is 2. The number of nitrogens with zero attached hydrogens (tertiary/aromatic N) is 2. The van der Waals surface area contributed by atoms with Crippen molar-refractivity contribution in [1.82, 2.24) is 9.78 Å². The number of anilines is 1. The average molecular weight is 351 g/mol. The van der Waals surface area contributed by atoms with Crippen LogP contribution in [0.5, 0.6) is 11.5 Å². The van der Waals surface area contributed by atoms with E-state index in [1.54, 1.807) is 43.3 Å². The Labute approximate surface area is 152 Å². The van der Waals surface area contributed by atoms with E-state index in [2.05, 4.69) is 10.4 Å². The lowest BCUT2D eigenvalue weighted by atomic mass is 10.2. The summed E-state index contributed by atoms with van der Waals surface area (Å²) >= 11 is 0. The molecule has 1 N–H and O–H groups in total. The summed E-state index contributed by atoms with van der Waals surface area (Å²) in [4.78, 5) is 12.7. The molecule has 0 atom stereocenters. The van der Waals surface area contributed by atoms with Gasteiger partial charge in [-0.05, 0) is 38.1 Å². The number of aryl methyl sites for hydroxylation is 1. The summed E-state index contributed by atoms with van der Waals surface area (Å²) in [6, 6.07) is 13.2. The van der Waals surface area contributed by atoms with Gasteiger partial charge in [-0.15, -0.1) is 0 Å². The normalized spacial score (nSPS) is 10.5. The lowest BCUT2D eigenvalue weighted by Gasteiger charge is -2.11. The predicted octanol–water partition coefficient (Wildman–Crippen LogP) is 3.76. The molecule has 0 aliphatic rings. The van der Waals surface area contributed by atoms with Crippen LogP contribution in [-0.2, 0) is 0 Å². The van der Waals surface area contributed by atoms with Crippen molar-refractivity contribution >= 4 is 11.6 Å². The Morgan fingerprint density at radius 3 is 2.42 bits per heavy atom. The standard InChI is InChI=1S/C20H21N3O3/c1-13-5-7-15(8-6-13)23-14(2)17(12-21-23)20(24)22-18-10-9-16(25-3)11-19(18)26-4/h5-12H,1-4H3,(H,22,24). The van der Waals surface area contributed by atoms with Gasteiger partial charge in [-0.2, -0.15) is 5.10 Å². The molecule has 134 valence electrons. The number of amides is 1. The van der Waals surface area contributed by atoms with Gasteiger partial charge in [-0.1, -0.05) is 17.7 Å². The molecule has 1 heterocycles. The van der Waals surface area contributed by atoms with Gasteiger partial charge in [-0.3, -0.25) is 4.79 Å². The first-order valence-corrected chi connectivity index (χ1v) is 8.18. The van der Waals surface area contributed by atoms with Crippen LogP contribution in [0.25, 0.3) is 5.69 Å². The molecule has 3 rings (SSSR count). The van der Waals surface area contributed by atoms with Crippen LogP contribution in [0, 0.1) is 13.8 Å². The number of rotatable bonds is 5. The zero-order valence-electron chi connectivity index (χ0n) is 15.2. The number of ether oxygens (including phenoxy) is 2. The second kappa shape index (κ2) is 7.31. The van der Waals surface area contributed by atoms with Gasteiger partial charge < -0.3 is 14.8 Å². The molecule has 26 heavy (non-hydrogen) atoms. The van der Waals surface area contributed by atoms with E-state index in [4.69, 9.17) is 9.47 Å². The molecule has 0 saturated carbocycles. The fraction of sp³-hybridized carbons (Fsp3) is 0.200. The molecule has 0 aliphatic carbocycles. The van der Waals surface area contributed by atoms with Crippen molar-refractivity contribution in [3.8, 4) is 17.2 Å². The molecule has 3 aromatic rings. The lowest BCUT2D eigenvalue weighted by molar-refractivity contribution is 0.102. The molecule has 0 fully saturated rings. The Balaban J connectivity index is 1.86. The number of hydrogen-bond donors (Lipinski definition) is 1. The van der Waals surface area contributed by atoms with E-state index in [1.807, 2.05) is 38.1 Å². The van der Waals surface area contributed by atoms with Gasteiger partial charge in [-0.25, -0.2) is 4.68 Å². The highest BCUT2D eigenvalue weighted by molar-refractivity contribution is 6.05. The zero-order valence-corrected chi connectivity index (χ0v) is 15.2. The largest absolute Gasteiger partial charge is 0.497 e. The lowest BCUT2D eigenvalue weighted by Crippen LogP contribution is -2.14. The van der Waals surface area contributed by atoms with Gasteiger partial charge in [0.2, 0.25) is 0 Å². The Kier molecular flexibility index (Phi) is 4.93. The van der Waals surface area contributed by atoms with E-state index >= 15 is 0 Å². The molecule has 0 unspecified atom stereocenters. The van der Waals surface area contributed by atoms with Crippen LogP contribution in [0.4, 0.5) is 5.69 Å². The van der Waals surface area contributed by atoms with Crippen molar-refractivity contribution in [2.75, 3.05) is 19.5 Å². The monoisotopic (exact) mass is 351 g/mol. The van der Waals surface area contributed by atoms with Crippen LogP contribution in [-0.4, -0.2) is 29.9 Å². The first-order chi connectivity index (χ1) is 12.5. The Hall–Kier alpha value is -3.28. The maximum Gasteiger partial charge on any atom is 0.259 e. The second-order valence-electron chi connectivity index (χ2n) is 5.91. The topological polar surface area (TPSA) is 65.4 Å². The van der Waals surface area contributed by atoms with Gasteiger partial charge in [0, 0.05) is 6.07 Å². The zero-order chi connectivity index (χ0) is 18.7. The summed E-state index contributed by atoms with van der Waals surface area (Å²) in [5, 5.41) is 7.22. The molecule has 0 saturated heterocycles. The third kappa shape index (κ3) is 3.39. The van der Waals surface area contributed by atoms with Gasteiger partial charge >= 0.3 is 0 Å². The summed E-state index contributed by atoms with van der Waals surface area (Å²) in [6.07, 6.45) is 1.57. The molecular weight excluding hydrogens is 330 g/mol. The number of hydrogen-bond acceptors (Lipinski definition) is 4. The highest BCUT2D eigenvalue weighted by Gasteiger charge is 2.17. The first-order valence-electron chi connectivity index (χ1n) is 8.18. The fourth-order valence-corrected chi connectivity index (χ4v) is 2.67. The van der Waals surface area contributed by atoms with Crippen molar-refractivity contribution in [2.45, 2.75) is 13.8 Å². The van der Waals surface area contributed by atoms with Crippen molar-refractivity contribution in [1.29, 1.82) is 0 Å². The van der Waals surface area contributed by atoms with Crippen molar-refractivity contribution in [3.05, 3.63) is 65.5 Å². The minimum absolute atomic E-state index is 0.246. The minimum Gasteiger partial charge on any atom is -0.497 e. The molecule has 1 aromatic heterocycles. The smallest absolute Gasteiger partial charge is 0.259 e. The van der Waals surface area contributed by atoms with Gasteiger partial charge in [0.15, 0.2) is 0 Å². The molecule has 0 radical (unpaired) electrons. The Morgan fingerprint density at radius 1 is 1.04 bits per heavy atom. The van der Waals surface area contributed by atoms with Crippen molar-refractivity contribution < 1.29 is 14.3 Å². The summed E-state index contributed by atoms with van der Waals surface area (Å²) in [5.74, 6) is 0.939. The van der Waals surface area contributed by atoms with E-state index in [-0.39, 0.29) is 5.91 Å². The number of nitrogens with one attached hydrogen (secondary N) is 1. The number of benzene rings is 2. The third-order valence-corrected chi connectivity index (χ3v) is 4.19. The van der Waals surface area contributed by atoms with E-state index in [1.165, 1.54) is 5.56 Å². The Morgan fingerprint density at radius 2 is 1.77 bits per heavy atom. The number of aromatic nitrogens is 2. The van der Waals surface area contributed by atoms with Crippen LogP contribution in [0.2, 0.25) is 0 Å². The Bertz CT molecular complexity index is 930. The van der Waals surface area contributed by atoms with E-state index < -0.39 is 0 Å². The van der Waals surface area contributed by atoms with Crippen molar-refractivity contribution in [3.63, 3.8) is 0 Å². The number of carbonyl (C=O) groups is 1. The third-order valence-electron chi connectivity index (χ3n) is 4.19. The van der Waals surface area contributed by atoms with Crippen molar-refractivity contribution in [2.24, 2.45) is 0 Å². The summed E-state index contributed by atoms with van der Waals surface area (Å²) < 4.78 is 12.2. The van der Waals surface area contributed by atoms with Gasteiger partial charge in [0.25, 0.3) is 5.91 Å². The molecule has 1 amide bonds. The maximum absolute atomic E-state index is 12.7. The van der Waals surface area contributed by atoms with Crippen LogP contribution in [0.15, 0.2) is 48.7 Å². The van der Waals surface area contributed by atoms with Crippen LogP contribution < -0.4 is 14.8 Å². The van der Waals surface area contributed by atoms with Gasteiger partial charge in [0.05, 0.1) is 43.0 Å². The molecule has 0 bridgehead atoms. The van der Waals surface area contributed by atoms with E-state index in [9.17, 15) is 4.79 Å². The number of carbonyl (C=O) groups excluding carboxylic acids is 1. The molecule has 6 nitrogen and oxygen atoms in total. The highest BCUT2D eigenvalue weighted by Crippen LogP contribution is 2.29. The molecule has 6 heteroatoms. The quantitative estimate of drug-likeness (QED) is 0.760. The summed E-state index contributed by atoms with van der Waals surface area (Å²) in [6.45, 7) is 3.90. The summed E-state index contributed by atoms with van der Waals surface area (Å²) in [5.41, 5.74) is 3.92. The van der Waals surface area contributed by atoms with E-state index in [0.29, 0.717) is 22.7 Å². The average Bonchev–Trinajstić information content (AvgIpc) is 3.04. The predicted molar refractivity (Wildman–Crippen MR) is 101 cm³/mol. The summed E-state index contributed by atoms with van der Waals surface area (Å²) in [7, 11) is 3.13.